The molecule has 3 aromatic rings. The van der Waals surface area contributed by atoms with E-state index in [0.717, 1.165) is 49.4 Å². The van der Waals surface area contributed by atoms with Crippen LogP contribution in [0.3, 0.4) is 0 Å². The second kappa shape index (κ2) is 10.6. The lowest BCUT2D eigenvalue weighted by molar-refractivity contribution is -0.0365. The van der Waals surface area contributed by atoms with Gasteiger partial charge in [-0.3, -0.25) is 4.98 Å². The number of esters is 1. The summed E-state index contributed by atoms with van der Waals surface area (Å²) in [4.78, 5) is 36.1. The molecule has 11 heteroatoms. The molecule has 0 radical (unpaired) electrons. The number of aromatic nitrogens is 4. The smallest absolute Gasteiger partial charge is 0.410 e. The number of hydrogen-bond donors (Lipinski definition) is 0. The Kier molecular flexibility index (Phi) is 7.09. The number of hydrogen-bond acceptors (Lipinski definition) is 9. The van der Waals surface area contributed by atoms with Gasteiger partial charge in [0.2, 0.25) is 5.88 Å². The Morgan fingerprint density at radius 2 is 1.95 bits per heavy atom. The average molecular weight is 564 g/mol. The largest absolute Gasteiger partial charge is 0.471 e. The molecule has 2 aliphatic heterocycles. The number of methoxy groups -OCH3 is 1. The Labute approximate surface area is 239 Å². The van der Waals surface area contributed by atoms with Crippen molar-refractivity contribution in [3.05, 3.63) is 36.2 Å². The lowest BCUT2D eigenvalue weighted by Crippen LogP contribution is -2.51. The Hall–Kier alpha value is -3.73. The van der Waals surface area contributed by atoms with E-state index >= 15 is 0 Å². The summed E-state index contributed by atoms with van der Waals surface area (Å²) in [5.74, 6) is -0.0604. The van der Waals surface area contributed by atoms with Gasteiger partial charge in [-0.15, -0.1) is 0 Å². The number of fused-ring (bicyclic) bond motifs is 1. The van der Waals surface area contributed by atoms with E-state index in [0.29, 0.717) is 42.5 Å². The van der Waals surface area contributed by atoms with Crippen LogP contribution >= 0.6 is 0 Å². The third-order valence-electron chi connectivity index (χ3n) is 8.17. The zero-order valence-electron chi connectivity index (χ0n) is 24.1. The zero-order chi connectivity index (χ0) is 28.8. The molecule has 1 aromatic carbocycles. The van der Waals surface area contributed by atoms with Gasteiger partial charge in [-0.05, 0) is 77.5 Å². The third kappa shape index (κ3) is 5.59. The molecule has 0 N–H and O–H groups in total. The van der Waals surface area contributed by atoms with Crippen LogP contribution < -0.4 is 4.74 Å². The molecule has 11 nitrogen and oxygen atoms in total. The Bertz CT molecular complexity index is 1450. The minimum Gasteiger partial charge on any atom is -0.471 e. The number of carbonyl (C=O) groups is 2. The van der Waals surface area contributed by atoms with Crippen molar-refractivity contribution in [2.24, 2.45) is 5.41 Å². The fourth-order valence-corrected chi connectivity index (χ4v) is 5.77. The number of likely N-dealkylation sites (tertiary alicyclic amines) is 1. The van der Waals surface area contributed by atoms with Gasteiger partial charge in [0.15, 0.2) is 6.23 Å². The van der Waals surface area contributed by atoms with E-state index in [9.17, 15) is 9.59 Å². The molecule has 0 bridgehead atoms. The SMILES string of the molecule is COC(=O)c1ccc2c(c1)c(-c1cncc(O[C@H]3CN(C(=O)OC(C)(C)C)CCC34CC4)n1)nn2C1CCCCO1. The molecule has 2 atom stereocenters. The second-order valence-corrected chi connectivity index (χ2v) is 12.2. The molecule has 2 aromatic heterocycles. The lowest BCUT2D eigenvalue weighted by Gasteiger charge is -2.39. The van der Waals surface area contributed by atoms with Crippen molar-refractivity contribution >= 4 is 23.0 Å². The van der Waals surface area contributed by atoms with Crippen molar-refractivity contribution in [1.82, 2.24) is 24.6 Å². The van der Waals surface area contributed by atoms with E-state index < -0.39 is 11.6 Å². The van der Waals surface area contributed by atoms with Crippen LogP contribution in [-0.2, 0) is 14.2 Å². The Morgan fingerprint density at radius 1 is 1.12 bits per heavy atom. The number of amides is 1. The molecule has 1 unspecified atom stereocenters. The maximum atomic E-state index is 12.8. The highest BCUT2D eigenvalue weighted by atomic mass is 16.6. The Morgan fingerprint density at radius 3 is 2.66 bits per heavy atom. The van der Waals surface area contributed by atoms with E-state index in [1.54, 1.807) is 29.4 Å². The van der Waals surface area contributed by atoms with Crippen LogP contribution in [0.15, 0.2) is 30.6 Å². The number of ether oxygens (including phenoxy) is 4. The van der Waals surface area contributed by atoms with Gasteiger partial charge in [0.25, 0.3) is 0 Å². The van der Waals surface area contributed by atoms with E-state index in [4.69, 9.17) is 29.0 Å². The molecule has 41 heavy (non-hydrogen) atoms. The van der Waals surface area contributed by atoms with Crippen LogP contribution in [0, 0.1) is 5.41 Å². The predicted molar refractivity (Wildman–Crippen MR) is 149 cm³/mol. The Balaban J connectivity index is 1.31. The van der Waals surface area contributed by atoms with Crippen LogP contribution in [-0.4, -0.2) is 75.2 Å². The molecule has 3 aliphatic rings. The molecule has 1 spiro atoms. The van der Waals surface area contributed by atoms with Gasteiger partial charge in [-0.1, -0.05) is 0 Å². The summed E-state index contributed by atoms with van der Waals surface area (Å²) < 4.78 is 25.0. The van der Waals surface area contributed by atoms with Crippen molar-refractivity contribution < 1.29 is 28.5 Å². The maximum absolute atomic E-state index is 12.8. The van der Waals surface area contributed by atoms with Gasteiger partial charge in [0.05, 0.1) is 37.1 Å². The maximum Gasteiger partial charge on any atom is 0.410 e. The standard InChI is InChI=1S/C30H37N5O6/c1-29(2,3)41-28(37)34-13-12-30(10-11-30)23(18-34)40-24-17-31-16-21(32-24)26-20-15-19(27(36)38-4)8-9-22(20)35(33-26)25-7-5-6-14-39-25/h8-9,15-17,23,25H,5-7,10-14,18H2,1-4H3/t23-,25?/m0/s1. The summed E-state index contributed by atoms with van der Waals surface area (Å²) in [6, 6.07) is 5.38. The molecule has 1 saturated carbocycles. The highest BCUT2D eigenvalue weighted by Crippen LogP contribution is 2.54. The second-order valence-electron chi connectivity index (χ2n) is 12.2. The molecule has 6 rings (SSSR count). The van der Waals surface area contributed by atoms with Gasteiger partial charge in [0, 0.05) is 24.0 Å². The molecule has 3 fully saturated rings. The first kappa shape index (κ1) is 27.4. The van der Waals surface area contributed by atoms with Crippen molar-refractivity contribution in [1.29, 1.82) is 0 Å². The normalized spacial score (nSPS) is 22.0. The van der Waals surface area contributed by atoms with Gasteiger partial charge in [0.1, 0.15) is 23.1 Å². The van der Waals surface area contributed by atoms with Gasteiger partial charge in [-0.25, -0.2) is 19.3 Å². The van der Waals surface area contributed by atoms with Gasteiger partial charge in [-0.2, -0.15) is 5.10 Å². The lowest BCUT2D eigenvalue weighted by atomic mass is 9.90. The fraction of sp³-hybridized carbons (Fsp3) is 0.567. The zero-order valence-corrected chi connectivity index (χ0v) is 24.1. The summed E-state index contributed by atoms with van der Waals surface area (Å²) in [6.07, 6.45) is 8.38. The van der Waals surface area contributed by atoms with Crippen molar-refractivity contribution in [3.8, 4) is 17.3 Å². The van der Waals surface area contributed by atoms with E-state index in [2.05, 4.69) is 4.98 Å². The van der Waals surface area contributed by atoms with Crippen LogP contribution in [0.1, 0.15) is 75.9 Å². The quantitative estimate of drug-likeness (QED) is 0.389. The summed E-state index contributed by atoms with van der Waals surface area (Å²) in [7, 11) is 1.36. The molecule has 1 aliphatic carbocycles. The monoisotopic (exact) mass is 563 g/mol. The summed E-state index contributed by atoms with van der Waals surface area (Å²) in [5.41, 5.74) is 1.84. The first-order valence-corrected chi connectivity index (χ1v) is 14.3. The number of rotatable bonds is 5. The van der Waals surface area contributed by atoms with Crippen molar-refractivity contribution in [2.75, 3.05) is 26.8 Å². The van der Waals surface area contributed by atoms with E-state index in [-0.39, 0.29) is 23.8 Å². The minimum atomic E-state index is -0.565. The molecule has 2 saturated heterocycles. The molecule has 1 amide bonds. The van der Waals surface area contributed by atoms with Gasteiger partial charge < -0.3 is 23.8 Å². The average Bonchev–Trinajstić information content (AvgIpc) is 3.64. The predicted octanol–water partition coefficient (Wildman–Crippen LogP) is 5.15. The van der Waals surface area contributed by atoms with Gasteiger partial charge >= 0.3 is 12.1 Å². The number of nitrogens with zero attached hydrogens (tertiary/aromatic N) is 5. The van der Waals surface area contributed by atoms with Crippen molar-refractivity contribution in [2.45, 2.75) is 77.2 Å². The number of benzene rings is 1. The topological polar surface area (TPSA) is 118 Å². The summed E-state index contributed by atoms with van der Waals surface area (Å²) in [6.45, 7) is 7.35. The summed E-state index contributed by atoms with van der Waals surface area (Å²) >= 11 is 0. The van der Waals surface area contributed by atoms with Crippen LogP contribution in [0.4, 0.5) is 4.79 Å². The van der Waals surface area contributed by atoms with Crippen LogP contribution in [0.2, 0.25) is 0 Å². The minimum absolute atomic E-state index is 0.0399. The van der Waals surface area contributed by atoms with Crippen molar-refractivity contribution in [3.63, 3.8) is 0 Å². The van der Waals surface area contributed by atoms with Crippen LogP contribution in [0.25, 0.3) is 22.3 Å². The molecular weight excluding hydrogens is 526 g/mol. The molecular formula is C30H37N5O6. The fourth-order valence-electron chi connectivity index (χ4n) is 5.77. The first-order chi connectivity index (χ1) is 19.7. The summed E-state index contributed by atoms with van der Waals surface area (Å²) in [5, 5.41) is 5.67. The van der Waals surface area contributed by atoms with E-state index in [1.165, 1.54) is 7.11 Å². The first-order valence-electron chi connectivity index (χ1n) is 14.3. The van der Waals surface area contributed by atoms with E-state index in [1.807, 2.05) is 31.5 Å². The van der Waals surface area contributed by atoms with Crippen LogP contribution in [0.5, 0.6) is 5.88 Å². The molecule has 4 heterocycles. The molecule has 218 valence electrons. The third-order valence-corrected chi connectivity index (χ3v) is 8.17. The number of piperidine rings is 1. The highest BCUT2D eigenvalue weighted by Gasteiger charge is 2.54. The highest BCUT2D eigenvalue weighted by molar-refractivity contribution is 5.99. The number of carbonyl (C=O) groups excluding carboxylic acids is 2.